The number of nitrogens with zero attached hydrogens (tertiary/aromatic N) is 2. The molecular formula is C22H38N4O2. The fraction of sp³-hybridized carbons (Fsp3) is 0.682. The van der Waals surface area contributed by atoms with E-state index < -0.39 is 0 Å². The summed E-state index contributed by atoms with van der Waals surface area (Å²) in [6.07, 6.45) is 1.08. The number of hydrogen-bond acceptors (Lipinski definition) is 4. The summed E-state index contributed by atoms with van der Waals surface area (Å²) >= 11 is 0. The van der Waals surface area contributed by atoms with E-state index in [1.54, 1.807) is 0 Å². The minimum absolute atomic E-state index is 0.129. The van der Waals surface area contributed by atoms with Crippen LogP contribution in [0.4, 0.5) is 0 Å². The normalized spacial score (nSPS) is 17.9. The molecule has 1 heterocycles. The van der Waals surface area contributed by atoms with E-state index in [0.717, 1.165) is 71.5 Å². The summed E-state index contributed by atoms with van der Waals surface area (Å²) in [5, 5.41) is 6.75. The molecule has 2 N–H and O–H groups in total. The van der Waals surface area contributed by atoms with Crippen molar-refractivity contribution in [3.63, 3.8) is 0 Å². The van der Waals surface area contributed by atoms with Crippen molar-refractivity contribution in [3.05, 3.63) is 35.9 Å². The molecule has 0 radical (unpaired) electrons. The minimum atomic E-state index is 0.129. The van der Waals surface area contributed by atoms with Gasteiger partial charge in [-0.1, -0.05) is 37.3 Å². The van der Waals surface area contributed by atoms with Gasteiger partial charge in [0.05, 0.1) is 19.3 Å². The first-order chi connectivity index (χ1) is 13.7. The number of ether oxygens (including phenoxy) is 2. The van der Waals surface area contributed by atoms with Crippen LogP contribution in [0, 0.1) is 5.92 Å². The zero-order valence-corrected chi connectivity index (χ0v) is 17.8. The van der Waals surface area contributed by atoms with Gasteiger partial charge in [-0.15, -0.1) is 0 Å². The first kappa shape index (κ1) is 22.7. The zero-order valence-electron chi connectivity index (χ0n) is 17.8. The summed E-state index contributed by atoms with van der Waals surface area (Å²) in [6.45, 7) is 14.6. The Morgan fingerprint density at radius 3 is 2.64 bits per heavy atom. The van der Waals surface area contributed by atoms with Crippen molar-refractivity contribution in [1.82, 2.24) is 15.5 Å². The van der Waals surface area contributed by atoms with Crippen LogP contribution in [-0.4, -0.2) is 69.9 Å². The summed E-state index contributed by atoms with van der Waals surface area (Å²) in [4.78, 5) is 7.22. The Kier molecular flexibility index (Phi) is 10.9. The van der Waals surface area contributed by atoms with Crippen molar-refractivity contribution < 1.29 is 9.47 Å². The number of nitrogens with one attached hydrogen (secondary N) is 2. The SMILES string of the molecule is CCNC(=NCC(C)CN1CCOCC1)NCCCOC(C)c1ccccc1. The van der Waals surface area contributed by atoms with Crippen LogP contribution < -0.4 is 10.6 Å². The number of hydrogen-bond donors (Lipinski definition) is 2. The predicted molar refractivity (Wildman–Crippen MR) is 116 cm³/mol. The number of benzene rings is 1. The molecule has 1 aromatic rings. The second-order valence-corrected chi connectivity index (χ2v) is 7.44. The molecule has 2 atom stereocenters. The third-order valence-corrected chi connectivity index (χ3v) is 4.83. The van der Waals surface area contributed by atoms with E-state index in [1.807, 2.05) is 6.07 Å². The summed E-state index contributed by atoms with van der Waals surface area (Å²) in [6, 6.07) is 10.4. The van der Waals surface area contributed by atoms with Crippen LogP contribution in [-0.2, 0) is 9.47 Å². The van der Waals surface area contributed by atoms with E-state index in [1.165, 1.54) is 5.56 Å². The van der Waals surface area contributed by atoms with E-state index in [4.69, 9.17) is 14.5 Å². The molecule has 0 spiro atoms. The second kappa shape index (κ2) is 13.5. The van der Waals surface area contributed by atoms with Gasteiger partial charge in [-0.05, 0) is 31.7 Å². The third kappa shape index (κ3) is 9.04. The highest BCUT2D eigenvalue weighted by molar-refractivity contribution is 5.79. The monoisotopic (exact) mass is 390 g/mol. The van der Waals surface area contributed by atoms with Crippen molar-refractivity contribution in [1.29, 1.82) is 0 Å². The minimum Gasteiger partial charge on any atom is -0.379 e. The first-order valence-corrected chi connectivity index (χ1v) is 10.7. The maximum atomic E-state index is 5.94. The molecule has 1 aromatic carbocycles. The lowest BCUT2D eigenvalue weighted by Crippen LogP contribution is -2.40. The van der Waals surface area contributed by atoms with Gasteiger partial charge in [-0.25, -0.2) is 0 Å². The molecule has 1 saturated heterocycles. The number of morpholine rings is 1. The molecule has 1 aliphatic heterocycles. The van der Waals surface area contributed by atoms with Crippen molar-refractivity contribution in [2.45, 2.75) is 33.3 Å². The molecule has 0 aromatic heterocycles. The molecule has 158 valence electrons. The van der Waals surface area contributed by atoms with Crippen LogP contribution >= 0.6 is 0 Å². The summed E-state index contributed by atoms with van der Waals surface area (Å²) < 4.78 is 11.4. The van der Waals surface area contributed by atoms with Gasteiger partial charge in [0, 0.05) is 45.9 Å². The molecule has 6 heteroatoms. The Morgan fingerprint density at radius 1 is 1.18 bits per heavy atom. The molecular weight excluding hydrogens is 352 g/mol. The topological polar surface area (TPSA) is 58.1 Å². The van der Waals surface area contributed by atoms with Crippen LogP contribution in [0.25, 0.3) is 0 Å². The Balaban J connectivity index is 1.63. The molecule has 0 bridgehead atoms. The Labute approximate surface area is 170 Å². The smallest absolute Gasteiger partial charge is 0.191 e. The van der Waals surface area contributed by atoms with Crippen molar-refractivity contribution in [3.8, 4) is 0 Å². The van der Waals surface area contributed by atoms with Gasteiger partial charge in [-0.2, -0.15) is 0 Å². The molecule has 2 rings (SSSR count). The van der Waals surface area contributed by atoms with Gasteiger partial charge in [0.15, 0.2) is 5.96 Å². The molecule has 28 heavy (non-hydrogen) atoms. The fourth-order valence-corrected chi connectivity index (χ4v) is 3.23. The summed E-state index contributed by atoms with van der Waals surface area (Å²) in [5.41, 5.74) is 1.22. The van der Waals surface area contributed by atoms with Gasteiger partial charge in [0.25, 0.3) is 0 Å². The molecule has 6 nitrogen and oxygen atoms in total. The number of guanidine groups is 1. The lowest BCUT2D eigenvalue weighted by atomic mass is 10.1. The molecule has 1 aliphatic rings. The number of rotatable bonds is 11. The van der Waals surface area contributed by atoms with Crippen molar-refractivity contribution >= 4 is 5.96 Å². The first-order valence-electron chi connectivity index (χ1n) is 10.7. The lowest BCUT2D eigenvalue weighted by molar-refractivity contribution is 0.0323. The van der Waals surface area contributed by atoms with Crippen LogP contribution in [0.5, 0.6) is 0 Å². The van der Waals surface area contributed by atoms with E-state index in [9.17, 15) is 0 Å². The Bertz CT molecular complexity index is 547. The summed E-state index contributed by atoms with van der Waals surface area (Å²) in [7, 11) is 0. The van der Waals surface area contributed by atoms with Crippen LogP contribution in [0.2, 0.25) is 0 Å². The highest BCUT2D eigenvalue weighted by atomic mass is 16.5. The van der Waals surface area contributed by atoms with Gasteiger partial charge in [-0.3, -0.25) is 9.89 Å². The van der Waals surface area contributed by atoms with E-state index in [0.29, 0.717) is 5.92 Å². The van der Waals surface area contributed by atoms with Gasteiger partial charge in [0.2, 0.25) is 0 Å². The number of aliphatic imine (C=N–C) groups is 1. The quantitative estimate of drug-likeness (QED) is 0.346. The van der Waals surface area contributed by atoms with Gasteiger partial charge in [0.1, 0.15) is 0 Å². The average Bonchev–Trinajstić information content (AvgIpc) is 2.73. The molecule has 2 unspecified atom stereocenters. The zero-order chi connectivity index (χ0) is 20.0. The van der Waals surface area contributed by atoms with Crippen LogP contribution in [0.3, 0.4) is 0 Å². The maximum absolute atomic E-state index is 5.94. The van der Waals surface area contributed by atoms with E-state index in [-0.39, 0.29) is 6.10 Å². The van der Waals surface area contributed by atoms with E-state index in [2.05, 4.69) is 60.6 Å². The molecule has 0 aliphatic carbocycles. The largest absolute Gasteiger partial charge is 0.379 e. The molecule has 0 amide bonds. The van der Waals surface area contributed by atoms with Crippen LogP contribution in [0.15, 0.2) is 35.3 Å². The second-order valence-electron chi connectivity index (χ2n) is 7.44. The highest BCUT2D eigenvalue weighted by Crippen LogP contribution is 2.15. The predicted octanol–water partition coefficient (Wildman–Crippen LogP) is 2.68. The Morgan fingerprint density at radius 2 is 1.93 bits per heavy atom. The molecule has 1 fully saturated rings. The summed E-state index contributed by atoms with van der Waals surface area (Å²) in [5.74, 6) is 1.43. The van der Waals surface area contributed by atoms with E-state index >= 15 is 0 Å². The fourth-order valence-electron chi connectivity index (χ4n) is 3.23. The maximum Gasteiger partial charge on any atom is 0.191 e. The molecule has 0 saturated carbocycles. The third-order valence-electron chi connectivity index (χ3n) is 4.83. The highest BCUT2D eigenvalue weighted by Gasteiger charge is 2.13. The van der Waals surface area contributed by atoms with Crippen molar-refractivity contribution in [2.24, 2.45) is 10.9 Å². The average molecular weight is 391 g/mol. The van der Waals surface area contributed by atoms with Crippen LogP contribution in [0.1, 0.15) is 38.9 Å². The van der Waals surface area contributed by atoms with Gasteiger partial charge < -0.3 is 20.1 Å². The standard InChI is InChI=1S/C22H38N4O2/c1-4-23-22(25-17-19(2)18-26-12-15-27-16-13-26)24-11-8-14-28-20(3)21-9-6-5-7-10-21/h5-7,9-10,19-20H,4,8,11-18H2,1-3H3,(H2,23,24,25). The van der Waals surface area contributed by atoms with Crippen molar-refractivity contribution in [2.75, 3.05) is 59.1 Å². The van der Waals surface area contributed by atoms with Gasteiger partial charge >= 0.3 is 0 Å². The lowest BCUT2D eigenvalue weighted by Gasteiger charge is -2.28. The Hall–Kier alpha value is -1.63.